The summed E-state index contributed by atoms with van der Waals surface area (Å²) in [5, 5.41) is 18.2. The lowest BCUT2D eigenvalue weighted by atomic mass is 10.0. The number of carboxylic acid groups (broad SMARTS) is 1. The fraction of sp³-hybridized carbons (Fsp3) is 0.385. The van der Waals surface area contributed by atoms with Crippen LogP contribution in [-0.2, 0) is 13.0 Å². The predicted octanol–water partition coefficient (Wildman–Crippen LogP) is 1.93. The Bertz CT molecular complexity index is 582. The second-order valence-corrected chi connectivity index (χ2v) is 5.04. The molecule has 21 heavy (non-hydrogen) atoms. The van der Waals surface area contributed by atoms with Crippen molar-refractivity contribution in [2.75, 3.05) is 19.6 Å². The van der Waals surface area contributed by atoms with Crippen LogP contribution in [0.5, 0.6) is 0 Å². The molecule has 6 nitrogen and oxygen atoms in total. The van der Waals surface area contributed by atoms with Gasteiger partial charge in [0.1, 0.15) is 5.82 Å². The van der Waals surface area contributed by atoms with Crippen LogP contribution in [0.4, 0.5) is 14.0 Å². The Hall–Kier alpha value is -1.86. The van der Waals surface area contributed by atoms with E-state index in [9.17, 15) is 19.1 Å². The van der Waals surface area contributed by atoms with Crippen LogP contribution in [-0.4, -0.2) is 51.8 Å². The van der Waals surface area contributed by atoms with Crippen molar-refractivity contribution in [2.45, 2.75) is 13.0 Å². The fourth-order valence-corrected chi connectivity index (χ4v) is 2.57. The number of urea groups is 1. The van der Waals surface area contributed by atoms with Crippen molar-refractivity contribution in [2.24, 2.45) is 0 Å². The number of amides is 3. The minimum Gasteiger partial charge on any atom is -0.465 e. The first kappa shape index (κ1) is 15.5. The van der Waals surface area contributed by atoms with Crippen LogP contribution >= 0.6 is 11.6 Å². The van der Waals surface area contributed by atoms with E-state index in [4.69, 9.17) is 16.7 Å². The summed E-state index contributed by atoms with van der Waals surface area (Å²) in [5.41, 5.74) is 0.920. The average molecular weight is 317 g/mol. The summed E-state index contributed by atoms with van der Waals surface area (Å²) >= 11 is 5.86. The third kappa shape index (κ3) is 3.25. The van der Waals surface area contributed by atoms with Crippen LogP contribution in [0.1, 0.15) is 11.1 Å². The summed E-state index contributed by atoms with van der Waals surface area (Å²) in [6.45, 7) is 0.312. The first-order valence-electron chi connectivity index (χ1n) is 6.31. The quantitative estimate of drug-likeness (QED) is 0.889. The molecule has 1 aliphatic heterocycles. The number of hydrogen-bond donors (Lipinski definition) is 2. The number of rotatable bonds is 4. The van der Waals surface area contributed by atoms with Crippen molar-refractivity contribution < 1.29 is 24.2 Å². The van der Waals surface area contributed by atoms with Gasteiger partial charge in [-0.1, -0.05) is 11.6 Å². The average Bonchev–Trinajstić information content (AvgIpc) is 2.77. The molecule has 1 saturated heterocycles. The molecule has 8 heteroatoms. The number of carbonyl (C=O) groups excluding carboxylic acids is 1. The summed E-state index contributed by atoms with van der Waals surface area (Å²) in [4.78, 5) is 24.7. The summed E-state index contributed by atoms with van der Waals surface area (Å²) in [6, 6.07) is 1.78. The summed E-state index contributed by atoms with van der Waals surface area (Å²) in [7, 11) is 0. The molecule has 0 bridgehead atoms. The Morgan fingerprint density at radius 1 is 1.38 bits per heavy atom. The predicted molar refractivity (Wildman–Crippen MR) is 72.7 cm³/mol. The maximum atomic E-state index is 13.4. The lowest BCUT2D eigenvalue weighted by Crippen LogP contribution is -2.36. The summed E-state index contributed by atoms with van der Waals surface area (Å²) < 4.78 is 13.4. The highest BCUT2D eigenvalue weighted by Gasteiger charge is 2.32. The second kappa shape index (κ2) is 6.28. The molecule has 0 spiro atoms. The van der Waals surface area contributed by atoms with Gasteiger partial charge in [-0.15, -0.1) is 0 Å². The van der Waals surface area contributed by atoms with E-state index in [1.54, 1.807) is 0 Å². The van der Waals surface area contributed by atoms with E-state index in [-0.39, 0.29) is 31.1 Å². The zero-order valence-electron chi connectivity index (χ0n) is 11.1. The molecule has 0 unspecified atom stereocenters. The van der Waals surface area contributed by atoms with Crippen LogP contribution in [0, 0.1) is 5.82 Å². The van der Waals surface area contributed by atoms with E-state index in [0.717, 1.165) is 11.0 Å². The molecule has 0 radical (unpaired) electrons. The van der Waals surface area contributed by atoms with Gasteiger partial charge in [-0.2, -0.15) is 0 Å². The zero-order chi connectivity index (χ0) is 15.6. The Morgan fingerprint density at radius 2 is 2.10 bits per heavy atom. The molecule has 3 amide bonds. The highest BCUT2D eigenvalue weighted by Crippen LogP contribution is 2.23. The highest BCUT2D eigenvalue weighted by atomic mass is 35.5. The number of aliphatic hydroxyl groups excluding tert-OH is 1. The Balaban J connectivity index is 2.07. The number of imide groups is 1. The minimum absolute atomic E-state index is 0.116. The van der Waals surface area contributed by atoms with Crippen molar-refractivity contribution in [3.05, 3.63) is 34.1 Å². The normalized spacial score (nSPS) is 14.9. The van der Waals surface area contributed by atoms with Gasteiger partial charge in [0.2, 0.25) is 0 Å². The van der Waals surface area contributed by atoms with Crippen LogP contribution in [0.2, 0.25) is 5.02 Å². The van der Waals surface area contributed by atoms with Gasteiger partial charge in [0.25, 0.3) is 0 Å². The number of nitrogens with zero attached hydrogens (tertiary/aromatic N) is 2. The van der Waals surface area contributed by atoms with E-state index in [1.165, 1.54) is 11.0 Å². The Kier molecular flexibility index (Phi) is 4.64. The molecule has 1 fully saturated rings. The monoisotopic (exact) mass is 316 g/mol. The molecule has 0 aliphatic carbocycles. The lowest BCUT2D eigenvalue weighted by Gasteiger charge is -2.17. The standard InChI is InChI=1S/C13H14ClFN2O4/c14-11-6-9(15)5-8(10(11)7-18)1-2-16-3-4-17(12(16)19)13(20)21/h5-6,18H,1-4,7H2,(H,20,21). The smallest absolute Gasteiger partial charge is 0.415 e. The maximum absolute atomic E-state index is 13.4. The van der Waals surface area contributed by atoms with Crippen molar-refractivity contribution in [1.82, 2.24) is 9.80 Å². The molecular weight excluding hydrogens is 303 g/mol. The van der Waals surface area contributed by atoms with E-state index >= 15 is 0 Å². The van der Waals surface area contributed by atoms with Gasteiger partial charge < -0.3 is 15.1 Å². The molecule has 1 aromatic carbocycles. The van der Waals surface area contributed by atoms with Crippen molar-refractivity contribution in [3.8, 4) is 0 Å². The van der Waals surface area contributed by atoms with Gasteiger partial charge in [0.05, 0.1) is 13.2 Å². The maximum Gasteiger partial charge on any atom is 0.415 e. The van der Waals surface area contributed by atoms with Crippen molar-refractivity contribution in [1.29, 1.82) is 0 Å². The molecule has 1 aromatic rings. The molecule has 0 saturated carbocycles. The number of halogens is 2. The van der Waals surface area contributed by atoms with E-state index < -0.39 is 17.9 Å². The van der Waals surface area contributed by atoms with Gasteiger partial charge >= 0.3 is 12.1 Å². The van der Waals surface area contributed by atoms with Crippen LogP contribution in [0.15, 0.2) is 12.1 Å². The van der Waals surface area contributed by atoms with Crippen LogP contribution in [0.25, 0.3) is 0 Å². The van der Waals surface area contributed by atoms with Crippen molar-refractivity contribution >= 4 is 23.7 Å². The van der Waals surface area contributed by atoms with Crippen LogP contribution in [0.3, 0.4) is 0 Å². The lowest BCUT2D eigenvalue weighted by molar-refractivity contribution is 0.152. The van der Waals surface area contributed by atoms with Crippen molar-refractivity contribution in [3.63, 3.8) is 0 Å². The summed E-state index contributed by atoms with van der Waals surface area (Å²) in [6.07, 6.45) is -1.00. The zero-order valence-corrected chi connectivity index (χ0v) is 11.8. The molecule has 1 aliphatic rings. The number of hydrogen-bond acceptors (Lipinski definition) is 3. The van der Waals surface area contributed by atoms with Gasteiger partial charge in [-0.3, -0.25) is 0 Å². The van der Waals surface area contributed by atoms with Gasteiger partial charge in [0.15, 0.2) is 0 Å². The Labute approximate surface area is 125 Å². The molecule has 0 aromatic heterocycles. The van der Waals surface area contributed by atoms with Gasteiger partial charge in [0, 0.05) is 18.1 Å². The Morgan fingerprint density at radius 3 is 2.67 bits per heavy atom. The van der Waals surface area contributed by atoms with Crippen LogP contribution < -0.4 is 0 Å². The number of aliphatic hydroxyl groups is 1. The number of carbonyl (C=O) groups is 2. The van der Waals surface area contributed by atoms with Gasteiger partial charge in [-0.25, -0.2) is 18.9 Å². The SMILES string of the molecule is O=C(O)N1CCN(CCc2cc(F)cc(Cl)c2CO)C1=O. The fourth-order valence-electron chi connectivity index (χ4n) is 2.28. The van der Waals surface area contributed by atoms with E-state index in [0.29, 0.717) is 17.7 Å². The topological polar surface area (TPSA) is 81.1 Å². The first-order chi connectivity index (χ1) is 9.93. The third-order valence-electron chi connectivity index (χ3n) is 3.39. The van der Waals surface area contributed by atoms with E-state index in [2.05, 4.69) is 0 Å². The number of benzene rings is 1. The molecular formula is C13H14ClFN2O4. The highest BCUT2D eigenvalue weighted by molar-refractivity contribution is 6.31. The summed E-state index contributed by atoms with van der Waals surface area (Å²) in [5.74, 6) is -0.521. The third-order valence-corrected chi connectivity index (χ3v) is 3.72. The molecule has 2 N–H and O–H groups in total. The molecule has 1 heterocycles. The molecule has 0 atom stereocenters. The van der Waals surface area contributed by atoms with E-state index in [1.807, 2.05) is 0 Å². The largest absolute Gasteiger partial charge is 0.465 e. The second-order valence-electron chi connectivity index (χ2n) is 4.64. The molecule has 114 valence electrons. The minimum atomic E-state index is -1.28. The first-order valence-corrected chi connectivity index (χ1v) is 6.69. The molecule has 2 rings (SSSR count). The van der Waals surface area contributed by atoms with Gasteiger partial charge in [-0.05, 0) is 29.7 Å².